The van der Waals surface area contributed by atoms with Gasteiger partial charge in [-0.2, -0.15) is 11.8 Å². The molecule has 0 radical (unpaired) electrons. The predicted octanol–water partition coefficient (Wildman–Crippen LogP) is 3.00. The van der Waals surface area contributed by atoms with Crippen LogP contribution in [0.2, 0.25) is 5.02 Å². The van der Waals surface area contributed by atoms with Gasteiger partial charge in [0, 0.05) is 12.2 Å². The lowest BCUT2D eigenvalue weighted by Gasteiger charge is -2.08. The molecule has 1 rings (SSSR count). The third kappa shape index (κ3) is 5.76. The molecule has 0 aliphatic rings. The number of amides is 1. The van der Waals surface area contributed by atoms with E-state index in [2.05, 4.69) is 12.2 Å². The lowest BCUT2D eigenvalue weighted by Crippen LogP contribution is -2.15. The summed E-state index contributed by atoms with van der Waals surface area (Å²) in [6, 6.07) is 7.24. The number of nitrogens with one attached hydrogen (secondary N) is 1. The Morgan fingerprint density at radius 2 is 2.22 bits per heavy atom. The summed E-state index contributed by atoms with van der Waals surface area (Å²) < 4.78 is 0. The zero-order valence-corrected chi connectivity index (χ0v) is 12.1. The minimum Gasteiger partial charge on any atom is -0.330 e. The molecule has 0 aliphatic carbocycles. The predicted molar refractivity (Wildman–Crippen MR) is 80.2 cm³/mol. The summed E-state index contributed by atoms with van der Waals surface area (Å²) >= 11 is 7.71. The fraction of sp³-hybridized carbons (Fsp3) is 0.462. The molecule has 0 aliphatic heterocycles. The van der Waals surface area contributed by atoms with E-state index in [1.165, 1.54) is 0 Å². The number of thioether (sulfide) groups is 1. The van der Waals surface area contributed by atoms with Gasteiger partial charge in [-0.25, -0.2) is 0 Å². The molecular formula is C13H19ClN2OS. The topological polar surface area (TPSA) is 55.1 Å². The first-order chi connectivity index (χ1) is 8.63. The number of nitrogens with two attached hydrogens (primary N) is 1. The van der Waals surface area contributed by atoms with E-state index in [9.17, 15) is 4.79 Å². The summed E-state index contributed by atoms with van der Waals surface area (Å²) in [4.78, 5) is 11.7. The summed E-state index contributed by atoms with van der Waals surface area (Å²) in [7, 11) is 0. The Bertz CT molecular complexity index is 387. The van der Waals surface area contributed by atoms with Crippen LogP contribution in [0, 0.1) is 5.92 Å². The smallest absolute Gasteiger partial charge is 0.225 e. The van der Waals surface area contributed by atoms with Crippen LogP contribution in [0.15, 0.2) is 24.3 Å². The Hall–Kier alpha value is -0.710. The Labute approximate surface area is 117 Å². The molecule has 100 valence electrons. The van der Waals surface area contributed by atoms with Gasteiger partial charge in [0.15, 0.2) is 0 Å². The molecule has 0 saturated carbocycles. The van der Waals surface area contributed by atoms with Gasteiger partial charge in [-0.15, -0.1) is 0 Å². The number of halogens is 1. The Balaban J connectivity index is 2.24. The first kappa shape index (κ1) is 15.3. The number of anilines is 1. The Morgan fingerprint density at radius 1 is 1.50 bits per heavy atom. The molecule has 1 amide bonds. The standard InChI is InChI=1S/C13H19ClN2OS/c1-10(8-15)9-18-7-6-13(17)16-12-5-3-2-4-11(12)14/h2-5,10H,6-9,15H2,1H3,(H,16,17). The van der Waals surface area contributed by atoms with E-state index in [1.807, 2.05) is 12.1 Å². The van der Waals surface area contributed by atoms with Gasteiger partial charge in [-0.1, -0.05) is 30.7 Å². The molecule has 0 fully saturated rings. The van der Waals surface area contributed by atoms with E-state index in [-0.39, 0.29) is 5.91 Å². The lowest BCUT2D eigenvalue weighted by molar-refractivity contribution is -0.115. The molecule has 0 spiro atoms. The zero-order valence-electron chi connectivity index (χ0n) is 10.5. The maximum Gasteiger partial charge on any atom is 0.225 e. The first-order valence-corrected chi connectivity index (χ1v) is 7.49. The van der Waals surface area contributed by atoms with Crippen LogP contribution in [-0.4, -0.2) is 24.0 Å². The highest BCUT2D eigenvalue weighted by Crippen LogP contribution is 2.20. The van der Waals surface area contributed by atoms with Crippen LogP contribution >= 0.6 is 23.4 Å². The molecule has 1 unspecified atom stereocenters. The molecule has 0 saturated heterocycles. The SMILES string of the molecule is CC(CN)CSCCC(=O)Nc1ccccc1Cl. The van der Waals surface area contributed by atoms with E-state index >= 15 is 0 Å². The zero-order chi connectivity index (χ0) is 13.4. The van der Waals surface area contributed by atoms with Crippen molar-refractivity contribution in [2.24, 2.45) is 11.7 Å². The average molecular weight is 287 g/mol. The van der Waals surface area contributed by atoms with Crippen molar-refractivity contribution >= 4 is 35.0 Å². The molecule has 1 aromatic carbocycles. The molecule has 0 bridgehead atoms. The number of carbonyl (C=O) groups excluding carboxylic acids is 1. The van der Waals surface area contributed by atoms with Gasteiger partial charge < -0.3 is 11.1 Å². The number of hydrogen-bond donors (Lipinski definition) is 2. The van der Waals surface area contributed by atoms with Gasteiger partial charge in [0.1, 0.15) is 0 Å². The molecule has 18 heavy (non-hydrogen) atoms. The second-order valence-corrected chi connectivity index (χ2v) is 5.75. The quantitative estimate of drug-likeness (QED) is 0.758. The van der Waals surface area contributed by atoms with Crippen LogP contribution in [0.5, 0.6) is 0 Å². The summed E-state index contributed by atoms with van der Waals surface area (Å²) in [5.74, 6) is 2.30. The molecule has 5 heteroatoms. The summed E-state index contributed by atoms with van der Waals surface area (Å²) in [6.45, 7) is 2.80. The number of para-hydroxylation sites is 1. The fourth-order valence-electron chi connectivity index (χ4n) is 1.29. The van der Waals surface area contributed by atoms with Crippen LogP contribution in [0.4, 0.5) is 5.69 Å². The van der Waals surface area contributed by atoms with E-state index in [0.29, 0.717) is 29.6 Å². The van der Waals surface area contributed by atoms with Crippen molar-refractivity contribution in [1.82, 2.24) is 0 Å². The van der Waals surface area contributed by atoms with E-state index in [1.54, 1.807) is 23.9 Å². The average Bonchev–Trinajstić information content (AvgIpc) is 2.37. The highest BCUT2D eigenvalue weighted by Gasteiger charge is 2.05. The van der Waals surface area contributed by atoms with Gasteiger partial charge >= 0.3 is 0 Å². The monoisotopic (exact) mass is 286 g/mol. The van der Waals surface area contributed by atoms with Crippen molar-refractivity contribution in [1.29, 1.82) is 0 Å². The van der Waals surface area contributed by atoms with Gasteiger partial charge in [0.25, 0.3) is 0 Å². The van der Waals surface area contributed by atoms with E-state index in [0.717, 1.165) is 11.5 Å². The first-order valence-electron chi connectivity index (χ1n) is 5.95. The van der Waals surface area contributed by atoms with Gasteiger partial charge in [-0.05, 0) is 30.3 Å². The normalized spacial score (nSPS) is 12.2. The van der Waals surface area contributed by atoms with Gasteiger partial charge in [0.05, 0.1) is 10.7 Å². The highest BCUT2D eigenvalue weighted by molar-refractivity contribution is 7.99. The van der Waals surface area contributed by atoms with Gasteiger partial charge in [-0.3, -0.25) is 4.79 Å². The van der Waals surface area contributed by atoms with Crippen molar-refractivity contribution in [3.63, 3.8) is 0 Å². The maximum atomic E-state index is 11.7. The molecule has 3 nitrogen and oxygen atoms in total. The third-order valence-corrected chi connectivity index (χ3v) is 4.05. The van der Waals surface area contributed by atoms with Crippen LogP contribution in [0.3, 0.4) is 0 Å². The number of rotatable bonds is 7. The molecule has 0 aromatic heterocycles. The highest BCUT2D eigenvalue weighted by atomic mass is 35.5. The second-order valence-electron chi connectivity index (χ2n) is 4.19. The van der Waals surface area contributed by atoms with Crippen LogP contribution < -0.4 is 11.1 Å². The van der Waals surface area contributed by atoms with E-state index in [4.69, 9.17) is 17.3 Å². The molecular weight excluding hydrogens is 268 g/mol. The molecule has 3 N–H and O–H groups in total. The minimum absolute atomic E-state index is 0.00370. The summed E-state index contributed by atoms with van der Waals surface area (Å²) in [6.07, 6.45) is 0.493. The van der Waals surface area contributed by atoms with E-state index < -0.39 is 0 Å². The number of benzene rings is 1. The van der Waals surface area contributed by atoms with Crippen LogP contribution in [0.1, 0.15) is 13.3 Å². The maximum absolute atomic E-state index is 11.7. The van der Waals surface area contributed by atoms with Crippen molar-refractivity contribution in [2.75, 3.05) is 23.4 Å². The van der Waals surface area contributed by atoms with Gasteiger partial charge in [0.2, 0.25) is 5.91 Å². The minimum atomic E-state index is -0.00370. The second kappa shape index (κ2) is 8.40. The van der Waals surface area contributed by atoms with Crippen LogP contribution in [-0.2, 0) is 4.79 Å². The summed E-state index contributed by atoms with van der Waals surface area (Å²) in [5, 5.41) is 3.37. The number of hydrogen-bond acceptors (Lipinski definition) is 3. The molecule has 1 aromatic rings. The Morgan fingerprint density at radius 3 is 2.89 bits per heavy atom. The summed E-state index contributed by atoms with van der Waals surface area (Å²) in [5.41, 5.74) is 6.20. The third-order valence-electron chi connectivity index (χ3n) is 2.43. The Kier molecular flexibility index (Phi) is 7.16. The lowest BCUT2D eigenvalue weighted by atomic mass is 10.2. The largest absolute Gasteiger partial charge is 0.330 e. The van der Waals surface area contributed by atoms with Crippen molar-refractivity contribution in [2.45, 2.75) is 13.3 Å². The van der Waals surface area contributed by atoms with Crippen LogP contribution in [0.25, 0.3) is 0 Å². The molecule has 0 heterocycles. The number of carbonyl (C=O) groups is 1. The molecule has 1 atom stereocenters. The van der Waals surface area contributed by atoms with Crippen molar-refractivity contribution in [3.8, 4) is 0 Å². The fourth-order valence-corrected chi connectivity index (χ4v) is 2.51. The van der Waals surface area contributed by atoms with Crippen molar-refractivity contribution in [3.05, 3.63) is 29.3 Å². The van der Waals surface area contributed by atoms with Crippen molar-refractivity contribution < 1.29 is 4.79 Å².